The van der Waals surface area contributed by atoms with Crippen LogP contribution in [0.5, 0.6) is 0 Å². The Labute approximate surface area is 178 Å². The minimum atomic E-state index is -3.77. The number of likely N-dealkylation sites (N-methyl/N-ethyl adjacent to an activating group) is 1. The SMILES string of the molecule is CC[C@@H](NC(=O)CN(C)S(=O)(=O)c1ccc2ccccc2c1)c1ccc(C)c(C)c1. The molecule has 6 heteroatoms. The molecule has 0 saturated carbocycles. The Morgan fingerprint density at radius 3 is 2.33 bits per heavy atom. The lowest BCUT2D eigenvalue weighted by atomic mass is 9.99. The smallest absolute Gasteiger partial charge is 0.243 e. The molecule has 1 atom stereocenters. The summed E-state index contributed by atoms with van der Waals surface area (Å²) in [7, 11) is -2.34. The van der Waals surface area contributed by atoms with E-state index in [0.29, 0.717) is 0 Å². The van der Waals surface area contributed by atoms with Gasteiger partial charge in [-0.05, 0) is 59.9 Å². The Morgan fingerprint density at radius 2 is 1.67 bits per heavy atom. The predicted molar refractivity (Wildman–Crippen MR) is 121 cm³/mol. The van der Waals surface area contributed by atoms with E-state index in [1.807, 2.05) is 57.2 Å². The van der Waals surface area contributed by atoms with E-state index < -0.39 is 10.0 Å². The van der Waals surface area contributed by atoms with E-state index in [4.69, 9.17) is 0 Å². The molecular formula is C24H28N2O3S. The minimum absolute atomic E-state index is 0.159. The molecule has 0 aromatic heterocycles. The van der Waals surface area contributed by atoms with Gasteiger partial charge < -0.3 is 5.32 Å². The summed E-state index contributed by atoms with van der Waals surface area (Å²) in [6.45, 7) is 5.84. The predicted octanol–water partition coefficient (Wildman–Crippen LogP) is 4.34. The zero-order chi connectivity index (χ0) is 21.9. The van der Waals surface area contributed by atoms with Gasteiger partial charge in [0.15, 0.2) is 0 Å². The number of aryl methyl sites for hydroxylation is 2. The molecule has 0 aliphatic rings. The maximum atomic E-state index is 13.0. The highest BCUT2D eigenvalue weighted by Crippen LogP contribution is 2.22. The van der Waals surface area contributed by atoms with E-state index in [9.17, 15) is 13.2 Å². The fraction of sp³-hybridized carbons (Fsp3) is 0.292. The number of carbonyl (C=O) groups excluding carboxylic acids is 1. The van der Waals surface area contributed by atoms with Crippen LogP contribution in [-0.2, 0) is 14.8 Å². The number of rotatable bonds is 7. The molecule has 0 bridgehead atoms. The van der Waals surface area contributed by atoms with Crippen molar-refractivity contribution in [3.63, 3.8) is 0 Å². The van der Waals surface area contributed by atoms with Gasteiger partial charge in [0.2, 0.25) is 15.9 Å². The molecule has 0 saturated heterocycles. The summed E-state index contributed by atoms with van der Waals surface area (Å²) >= 11 is 0. The second kappa shape index (κ2) is 8.98. The number of benzene rings is 3. The number of hydrogen-bond donors (Lipinski definition) is 1. The lowest BCUT2D eigenvalue weighted by molar-refractivity contribution is -0.121. The molecule has 5 nitrogen and oxygen atoms in total. The van der Waals surface area contributed by atoms with Gasteiger partial charge in [-0.25, -0.2) is 8.42 Å². The van der Waals surface area contributed by atoms with Crippen LogP contribution in [0.1, 0.15) is 36.1 Å². The van der Waals surface area contributed by atoms with E-state index in [1.165, 1.54) is 12.6 Å². The first-order chi connectivity index (χ1) is 14.2. The number of nitrogens with one attached hydrogen (secondary N) is 1. The molecule has 0 unspecified atom stereocenters. The summed E-state index contributed by atoms with van der Waals surface area (Å²) in [4.78, 5) is 12.8. The molecule has 0 spiro atoms. The lowest BCUT2D eigenvalue weighted by Crippen LogP contribution is -2.39. The van der Waals surface area contributed by atoms with Gasteiger partial charge >= 0.3 is 0 Å². The highest BCUT2D eigenvalue weighted by Gasteiger charge is 2.24. The molecule has 158 valence electrons. The maximum Gasteiger partial charge on any atom is 0.243 e. The normalized spacial score (nSPS) is 12.8. The molecular weight excluding hydrogens is 396 g/mol. The first-order valence-corrected chi connectivity index (χ1v) is 11.5. The van der Waals surface area contributed by atoms with Gasteiger partial charge in [-0.1, -0.05) is 55.5 Å². The Hall–Kier alpha value is -2.70. The van der Waals surface area contributed by atoms with Crippen molar-refractivity contribution in [1.29, 1.82) is 0 Å². The highest BCUT2D eigenvalue weighted by atomic mass is 32.2. The van der Waals surface area contributed by atoms with Crippen LogP contribution in [0.15, 0.2) is 65.6 Å². The van der Waals surface area contributed by atoms with Crippen LogP contribution in [0.4, 0.5) is 0 Å². The number of nitrogens with zero attached hydrogens (tertiary/aromatic N) is 1. The van der Waals surface area contributed by atoms with E-state index in [1.54, 1.807) is 18.2 Å². The molecule has 1 amide bonds. The average molecular weight is 425 g/mol. The van der Waals surface area contributed by atoms with Crippen LogP contribution in [0.25, 0.3) is 10.8 Å². The van der Waals surface area contributed by atoms with Crippen molar-refractivity contribution < 1.29 is 13.2 Å². The fourth-order valence-corrected chi connectivity index (χ4v) is 4.60. The van der Waals surface area contributed by atoms with Gasteiger partial charge in [-0.2, -0.15) is 4.31 Å². The second-order valence-electron chi connectivity index (χ2n) is 7.64. The van der Waals surface area contributed by atoms with Crippen molar-refractivity contribution in [2.24, 2.45) is 0 Å². The highest BCUT2D eigenvalue weighted by molar-refractivity contribution is 7.89. The average Bonchev–Trinajstić information content (AvgIpc) is 2.73. The largest absolute Gasteiger partial charge is 0.348 e. The van der Waals surface area contributed by atoms with E-state index in [0.717, 1.165) is 32.6 Å². The second-order valence-corrected chi connectivity index (χ2v) is 9.69. The third-order valence-electron chi connectivity index (χ3n) is 5.47. The molecule has 3 rings (SSSR count). The molecule has 0 fully saturated rings. The fourth-order valence-electron chi connectivity index (χ4n) is 3.44. The van der Waals surface area contributed by atoms with Crippen LogP contribution in [-0.4, -0.2) is 32.2 Å². The van der Waals surface area contributed by atoms with Crippen molar-refractivity contribution in [2.45, 2.75) is 38.1 Å². The van der Waals surface area contributed by atoms with Gasteiger partial charge in [-0.15, -0.1) is 0 Å². The number of sulfonamides is 1. The molecule has 0 heterocycles. The molecule has 0 aliphatic carbocycles. The van der Waals surface area contributed by atoms with Crippen LogP contribution in [0.3, 0.4) is 0 Å². The van der Waals surface area contributed by atoms with Gasteiger partial charge in [0.25, 0.3) is 0 Å². The number of fused-ring (bicyclic) bond motifs is 1. The molecule has 1 N–H and O–H groups in total. The van der Waals surface area contributed by atoms with E-state index >= 15 is 0 Å². The van der Waals surface area contributed by atoms with Crippen LogP contribution in [0, 0.1) is 13.8 Å². The molecule has 0 aliphatic heterocycles. The number of amides is 1. The third kappa shape index (κ3) is 4.71. The van der Waals surface area contributed by atoms with Crippen LogP contribution < -0.4 is 5.32 Å². The lowest BCUT2D eigenvalue weighted by Gasteiger charge is -2.21. The molecule has 3 aromatic carbocycles. The number of hydrogen-bond acceptors (Lipinski definition) is 3. The summed E-state index contributed by atoms with van der Waals surface area (Å²) in [5.74, 6) is -0.327. The van der Waals surface area contributed by atoms with E-state index in [-0.39, 0.29) is 23.4 Å². The first kappa shape index (κ1) is 22.0. The van der Waals surface area contributed by atoms with E-state index in [2.05, 4.69) is 11.4 Å². The summed E-state index contributed by atoms with van der Waals surface area (Å²) < 4.78 is 27.0. The number of carbonyl (C=O) groups is 1. The van der Waals surface area contributed by atoms with Gasteiger partial charge in [-0.3, -0.25) is 4.79 Å². The summed E-state index contributed by atoms with van der Waals surface area (Å²) in [6.07, 6.45) is 0.718. The van der Waals surface area contributed by atoms with Crippen molar-refractivity contribution in [2.75, 3.05) is 13.6 Å². The summed E-state index contributed by atoms with van der Waals surface area (Å²) in [5, 5.41) is 4.78. The molecule has 3 aromatic rings. The van der Waals surface area contributed by atoms with Crippen LogP contribution in [0.2, 0.25) is 0 Å². The zero-order valence-electron chi connectivity index (χ0n) is 17.8. The maximum absolute atomic E-state index is 13.0. The minimum Gasteiger partial charge on any atom is -0.348 e. The summed E-state index contributed by atoms with van der Waals surface area (Å²) in [5.41, 5.74) is 3.38. The van der Waals surface area contributed by atoms with Crippen LogP contribution >= 0.6 is 0 Å². The van der Waals surface area contributed by atoms with Gasteiger partial charge in [0.1, 0.15) is 0 Å². The standard InChI is InChI=1S/C24H28N2O3S/c1-5-23(21-11-10-17(2)18(3)14-21)25-24(27)16-26(4)30(28,29)22-13-12-19-8-6-7-9-20(19)15-22/h6-15,23H,5,16H2,1-4H3,(H,25,27)/t23-/m1/s1. The Kier molecular flexibility index (Phi) is 6.58. The van der Waals surface area contributed by atoms with Crippen molar-refractivity contribution in [1.82, 2.24) is 9.62 Å². The molecule has 30 heavy (non-hydrogen) atoms. The Balaban J connectivity index is 1.73. The Bertz CT molecular complexity index is 1170. The summed E-state index contributed by atoms with van der Waals surface area (Å²) in [6, 6.07) is 18.5. The van der Waals surface area contributed by atoms with Gasteiger partial charge in [0.05, 0.1) is 17.5 Å². The van der Waals surface area contributed by atoms with Gasteiger partial charge in [0, 0.05) is 7.05 Å². The van der Waals surface area contributed by atoms with Crippen molar-refractivity contribution in [3.8, 4) is 0 Å². The van der Waals surface area contributed by atoms with Crippen molar-refractivity contribution in [3.05, 3.63) is 77.4 Å². The Morgan fingerprint density at radius 1 is 0.967 bits per heavy atom. The quantitative estimate of drug-likeness (QED) is 0.613. The van der Waals surface area contributed by atoms with Crippen molar-refractivity contribution >= 4 is 26.7 Å². The zero-order valence-corrected chi connectivity index (χ0v) is 18.7. The topological polar surface area (TPSA) is 66.5 Å². The third-order valence-corrected chi connectivity index (χ3v) is 7.27. The molecule has 0 radical (unpaired) electrons. The monoisotopic (exact) mass is 424 g/mol. The first-order valence-electron chi connectivity index (χ1n) is 10.0.